The van der Waals surface area contributed by atoms with Crippen LogP contribution in [0.4, 0.5) is 5.69 Å². The highest BCUT2D eigenvalue weighted by molar-refractivity contribution is 5.95. The maximum absolute atomic E-state index is 10.2. The molecular weight excluding hydrogens is 478 g/mol. The standard InChI is InChI=1S/C26H25N5O6/c1-13-30-21-20(28)18(11-29-25(21)31(13)16-6-2-14(10-27)3-7-16)15-4-8-17(9-5-15)36-26-24(35)23(34)22(33)19(12-32)37-26/h2-9,11,19,22-24,26,32-35H,12H2,1H3,(H2,28,29). The first-order valence-electron chi connectivity index (χ1n) is 11.5. The molecule has 0 bridgehead atoms. The minimum Gasteiger partial charge on any atom is -0.462 e. The van der Waals surface area contributed by atoms with Crippen molar-refractivity contribution in [2.24, 2.45) is 0 Å². The van der Waals surface area contributed by atoms with E-state index in [0.29, 0.717) is 39.6 Å². The summed E-state index contributed by atoms with van der Waals surface area (Å²) in [6, 6.07) is 16.0. The number of imidazole rings is 1. The number of rotatable bonds is 5. The zero-order valence-corrected chi connectivity index (χ0v) is 19.8. The van der Waals surface area contributed by atoms with Gasteiger partial charge in [0.2, 0.25) is 6.29 Å². The highest BCUT2D eigenvalue weighted by Crippen LogP contribution is 2.34. The molecule has 5 unspecified atom stereocenters. The van der Waals surface area contributed by atoms with Gasteiger partial charge in [-0.1, -0.05) is 12.1 Å². The van der Waals surface area contributed by atoms with E-state index < -0.39 is 37.3 Å². The van der Waals surface area contributed by atoms with Gasteiger partial charge in [0.25, 0.3) is 0 Å². The minimum absolute atomic E-state index is 0.335. The van der Waals surface area contributed by atoms with Crippen molar-refractivity contribution in [3.8, 4) is 28.6 Å². The highest BCUT2D eigenvalue weighted by atomic mass is 16.7. The van der Waals surface area contributed by atoms with Gasteiger partial charge in [0.05, 0.1) is 23.9 Å². The molecule has 1 aliphatic heterocycles. The summed E-state index contributed by atoms with van der Waals surface area (Å²) in [4.78, 5) is 9.24. The molecule has 5 rings (SSSR count). The number of nitrogens with zero attached hydrogens (tertiary/aromatic N) is 4. The van der Waals surface area contributed by atoms with Crippen LogP contribution in [-0.4, -0.2) is 72.3 Å². The number of fused-ring (bicyclic) bond motifs is 1. The molecule has 0 radical (unpaired) electrons. The molecule has 1 fully saturated rings. The van der Waals surface area contributed by atoms with E-state index in [9.17, 15) is 20.4 Å². The van der Waals surface area contributed by atoms with Crippen LogP contribution in [0.1, 0.15) is 11.4 Å². The molecule has 190 valence electrons. The van der Waals surface area contributed by atoms with Crippen LogP contribution < -0.4 is 10.5 Å². The lowest BCUT2D eigenvalue weighted by Gasteiger charge is -2.39. The normalized spacial score (nSPS) is 23.6. The number of hydrogen-bond acceptors (Lipinski definition) is 10. The van der Waals surface area contributed by atoms with Crippen LogP contribution in [0, 0.1) is 18.3 Å². The third-order valence-electron chi connectivity index (χ3n) is 6.40. The molecule has 2 aromatic heterocycles. The largest absolute Gasteiger partial charge is 0.462 e. The number of aryl methyl sites for hydroxylation is 1. The Hall–Kier alpha value is -4.05. The van der Waals surface area contributed by atoms with Crippen molar-refractivity contribution in [3.05, 3.63) is 66.1 Å². The van der Waals surface area contributed by atoms with E-state index in [2.05, 4.69) is 16.0 Å². The van der Waals surface area contributed by atoms with Crippen LogP contribution in [0.15, 0.2) is 54.7 Å². The predicted molar refractivity (Wildman–Crippen MR) is 133 cm³/mol. The Labute approximate surface area is 211 Å². The van der Waals surface area contributed by atoms with Crippen molar-refractivity contribution in [2.75, 3.05) is 12.3 Å². The molecule has 1 aliphatic rings. The number of aromatic nitrogens is 3. The first-order chi connectivity index (χ1) is 17.8. The number of benzene rings is 2. The Morgan fingerprint density at radius 3 is 2.41 bits per heavy atom. The lowest BCUT2D eigenvalue weighted by atomic mass is 9.99. The molecule has 1 saturated heterocycles. The fourth-order valence-corrected chi connectivity index (χ4v) is 4.38. The van der Waals surface area contributed by atoms with Gasteiger partial charge >= 0.3 is 0 Å². The fraction of sp³-hybridized carbons (Fsp3) is 0.269. The molecule has 11 heteroatoms. The van der Waals surface area contributed by atoms with Gasteiger partial charge in [0, 0.05) is 17.4 Å². The number of pyridine rings is 1. The average Bonchev–Trinajstić information content (AvgIpc) is 3.26. The number of nitrogens with two attached hydrogens (primary N) is 1. The number of nitrogen functional groups attached to an aromatic ring is 1. The second-order valence-electron chi connectivity index (χ2n) is 8.75. The topological polar surface area (TPSA) is 180 Å². The van der Waals surface area contributed by atoms with Gasteiger partial charge in [0.1, 0.15) is 41.5 Å². The maximum atomic E-state index is 10.2. The van der Waals surface area contributed by atoms with E-state index >= 15 is 0 Å². The van der Waals surface area contributed by atoms with Crippen molar-refractivity contribution in [2.45, 2.75) is 37.6 Å². The van der Waals surface area contributed by atoms with Gasteiger partial charge in [-0.25, -0.2) is 9.97 Å². The van der Waals surface area contributed by atoms with Gasteiger partial charge in [-0.2, -0.15) is 5.26 Å². The third kappa shape index (κ3) is 4.37. The predicted octanol–water partition coefficient (Wildman–Crippen LogP) is 1.03. The van der Waals surface area contributed by atoms with Crippen molar-refractivity contribution < 1.29 is 29.9 Å². The molecule has 0 aliphatic carbocycles. The molecule has 6 N–H and O–H groups in total. The van der Waals surface area contributed by atoms with Crippen LogP contribution in [0.25, 0.3) is 28.0 Å². The van der Waals surface area contributed by atoms with E-state index in [1.807, 2.05) is 23.6 Å². The van der Waals surface area contributed by atoms with E-state index in [1.165, 1.54) is 0 Å². The SMILES string of the molecule is Cc1nc2c(N)c(-c3ccc(OC4OC(CO)C(O)C(O)C4O)cc3)cnc2n1-c1ccc(C#N)cc1. The number of aliphatic hydroxyl groups excluding tert-OH is 4. The van der Waals surface area contributed by atoms with Crippen LogP contribution in [0.3, 0.4) is 0 Å². The minimum atomic E-state index is -1.53. The quantitative estimate of drug-likeness (QED) is 0.264. The first-order valence-corrected chi connectivity index (χ1v) is 11.5. The molecule has 11 nitrogen and oxygen atoms in total. The van der Waals surface area contributed by atoms with Gasteiger partial charge in [-0.3, -0.25) is 4.57 Å². The van der Waals surface area contributed by atoms with Crippen molar-refractivity contribution >= 4 is 16.9 Å². The van der Waals surface area contributed by atoms with Crippen molar-refractivity contribution in [3.63, 3.8) is 0 Å². The molecular formula is C26H25N5O6. The van der Waals surface area contributed by atoms with Gasteiger partial charge in [-0.15, -0.1) is 0 Å². The summed E-state index contributed by atoms with van der Waals surface area (Å²) in [6.07, 6.45) is -5.18. The van der Waals surface area contributed by atoms with E-state index in [1.54, 1.807) is 42.6 Å². The average molecular weight is 504 g/mol. The summed E-state index contributed by atoms with van der Waals surface area (Å²) in [5.41, 5.74) is 10.9. The molecule has 0 amide bonds. The molecule has 0 spiro atoms. The number of nitriles is 1. The second-order valence-corrected chi connectivity index (χ2v) is 8.75. The Kier molecular flexibility index (Phi) is 6.51. The van der Waals surface area contributed by atoms with Crippen LogP contribution in [0.5, 0.6) is 5.75 Å². The van der Waals surface area contributed by atoms with E-state index in [-0.39, 0.29) is 0 Å². The van der Waals surface area contributed by atoms with E-state index in [4.69, 9.17) is 20.5 Å². The number of aliphatic hydroxyl groups is 4. The molecule has 4 aromatic rings. The fourth-order valence-electron chi connectivity index (χ4n) is 4.38. The summed E-state index contributed by atoms with van der Waals surface area (Å²) >= 11 is 0. The Bertz CT molecular complexity index is 1460. The molecule has 5 atom stereocenters. The second kappa shape index (κ2) is 9.78. The Morgan fingerprint density at radius 2 is 1.76 bits per heavy atom. The zero-order valence-electron chi connectivity index (χ0n) is 19.8. The molecule has 37 heavy (non-hydrogen) atoms. The summed E-state index contributed by atoms with van der Waals surface area (Å²) in [5.74, 6) is 1.03. The van der Waals surface area contributed by atoms with Crippen LogP contribution >= 0.6 is 0 Å². The monoisotopic (exact) mass is 503 g/mol. The van der Waals surface area contributed by atoms with Crippen LogP contribution in [0.2, 0.25) is 0 Å². The van der Waals surface area contributed by atoms with Gasteiger partial charge in [0.15, 0.2) is 5.65 Å². The Balaban J connectivity index is 1.41. The number of anilines is 1. The molecule has 3 heterocycles. The summed E-state index contributed by atoms with van der Waals surface area (Å²) in [5, 5.41) is 48.5. The number of hydrogen-bond donors (Lipinski definition) is 5. The summed E-state index contributed by atoms with van der Waals surface area (Å²) in [6.45, 7) is 1.31. The summed E-state index contributed by atoms with van der Waals surface area (Å²) in [7, 11) is 0. The summed E-state index contributed by atoms with van der Waals surface area (Å²) < 4.78 is 12.9. The molecule has 0 saturated carbocycles. The van der Waals surface area contributed by atoms with Gasteiger partial charge in [-0.05, 0) is 48.9 Å². The first kappa shape index (κ1) is 24.6. The lowest BCUT2D eigenvalue weighted by Crippen LogP contribution is -2.60. The smallest absolute Gasteiger partial charge is 0.229 e. The van der Waals surface area contributed by atoms with Gasteiger partial charge < -0.3 is 35.6 Å². The number of ether oxygens (including phenoxy) is 2. The van der Waals surface area contributed by atoms with Crippen molar-refractivity contribution in [1.82, 2.24) is 14.5 Å². The van der Waals surface area contributed by atoms with E-state index in [0.717, 1.165) is 11.3 Å². The van der Waals surface area contributed by atoms with Crippen LogP contribution in [-0.2, 0) is 4.74 Å². The third-order valence-corrected chi connectivity index (χ3v) is 6.40. The van der Waals surface area contributed by atoms with Crippen molar-refractivity contribution in [1.29, 1.82) is 5.26 Å². The molecule has 2 aromatic carbocycles. The maximum Gasteiger partial charge on any atom is 0.229 e. The lowest BCUT2D eigenvalue weighted by molar-refractivity contribution is -0.277. The Morgan fingerprint density at radius 1 is 1.05 bits per heavy atom. The highest BCUT2D eigenvalue weighted by Gasteiger charge is 2.44. The zero-order chi connectivity index (χ0) is 26.3.